The summed E-state index contributed by atoms with van der Waals surface area (Å²) in [5.74, 6) is 1.79. The van der Waals surface area contributed by atoms with E-state index >= 15 is 0 Å². The fourth-order valence-corrected chi connectivity index (χ4v) is 3.19. The van der Waals surface area contributed by atoms with E-state index in [0.29, 0.717) is 6.04 Å². The molecule has 124 valence electrons. The van der Waals surface area contributed by atoms with E-state index in [1.54, 1.807) is 10.7 Å². The van der Waals surface area contributed by atoms with Crippen LogP contribution in [0.4, 0.5) is 11.8 Å². The number of piperidine rings is 1. The molecular formula is C17H21N7. The number of nitrogens with zero attached hydrogens (tertiary/aromatic N) is 7. The molecule has 0 aromatic carbocycles. The van der Waals surface area contributed by atoms with Crippen LogP contribution in [-0.4, -0.2) is 50.7 Å². The summed E-state index contributed by atoms with van der Waals surface area (Å²) in [6, 6.07) is 4.34. The van der Waals surface area contributed by atoms with Crippen molar-refractivity contribution < 1.29 is 0 Å². The highest BCUT2D eigenvalue weighted by atomic mass is 15.3. The third kappa shape index (κ3) is 2.77. The first-order valence-corrected chi connectivity index (χ1v) is 8.27. The van der Waals surface area contributed by atoms with E-state index in [0.717, 1.165) is 48.9 Å². The molecule has 0 saturated carbocycles. The summed E-state index contributed by atoms with van der Waals surface area (Å²) < 4.78 is 1.79. The van der Waals surface area contributed by atoms with Gasteiger partial charge in [-0.2, -0.15) is 5.10 Å². The molecule has 0 N–H and O–H groups in total. The maximum atomic E-state index is 4.71. The molecule has 1 atom stereocenters. The van der Waals surface area contributed by atoms with Crippen molar-refractivity contribution in [1.29, 1.82) is 0 Å². The maximum Gasteiger partial charge on any atom is 0.225 e. The quantitative estimate of drug-likeness (QED) is 0.734. The maximum absolute atomic E-state index is 4.71. The van der Waals surface area contributed by atoms with Crippen LogP contribution >= 0.6 is 0 Å². The number of fused-ring (bicyclic) bond motifs is 1. The number of aryl methyl sites for hydroxylation is 1. The van der Waals surface area contributed by atoms with Crippen molar-refractivity contribution in [1.82, 2.24) is 24.6 Å². The monoisotopic (exact) mass is 323 g/mol. The normalized spacial score (nSPS) is 18.1. The molecule has 7 heteroatoms. The van der Waals surface area contributed by atoms with E-state index in [1.165, 1.54) is 0 Å². The second-order valence-electron chi connectivity index (χ2n) is 6.33. The summed E-state index contributed by atoms with van der Waals surface area (Å²) in [6.45, 7) is 3.95. The van der Waals surface area contributed by atoms with Crippen LogP contribution < -0.4 is 9.80 Å². The molecule has 3 aromatic heterocycles. The zero-order chi connectivity index (χ0) is 16.5. The van der Waals surface area contributed by atoms with Crippen LogP contribution in [-0.2, 0) is 0 Å². The van der Waals surface area contributed by atoms with Crippen LogP contribution in [0.2, 0.25) is 0 Å². The van der Waals surface area contributed by atoms with Crippen LogP contribution in [0.1, 0.15) is 18.4 Å². The Balaban J connectivity index is 1.53. The van der Waals surface area contributed by atoms with Crippen LogP contribution in [0.3, 0.4) is 0 Å². The van der Waals surface area contributed by atoms with E-state index in [9.17, 15) is 0 Å². The van der Waals surface area contributed by atoms with Crippen molar-refractivity contribution in [3.8, 4) is 0 Å². The van der Waals surface area contributed by atoms with Gasteiger partial charge in [0.1, 0.15) is 5.82 Å². The molecule has 4 rings (SSSR count). The average molecular weight is 323 g/mol. The molecule has 1 fully saturated rings. The molecule has 1 unspecified atom stereocenters. The van der Waals surface area contributed by atoms with Crippen molar-refractivity contribution in [2.24, 2.45) is 0 Å². The lowest BCUT2D eigenvalue weighted by Gasteiger charge is -2.38. The van der Waals surface area contributed by atoms with Crippen molar-refractivity contribution in [2.75, 3.05) is 29.9 Å². The number of rotatable bonds is 3. The summed E-state index contributed by atoms with van der Waals surface area (Å²) in [7, 11) is 2.08. The Morgan fingerprint density at radius 2 is 2.04 bits per heavy atom. The molecule has 3 aromatic rings. The molecular weight excluding hydrogens is 302 g/mol. The van der Waals surface area contributed by atoms with Gasteiger partial charge in [-0.1, -0.05) is 0 Å². The first-order chi connectivity index (χ1) is 11.7. The van der Waals surface area contributed by atoms with Gasteiger partial charge in [0.15, 0.2) is 5.65 Å². The van der Waals surface area contributed by atoms with Gasteiger partial charge in [0.2, 0.25) is 5.95 Å². The van der Waals surface area contributed by atoms with Crippen molar-refractivity contribution in [3.63, 3.8) is 0 Å². The van der Waals surface area contributed by atoms with Gasteiger partial charge in [0, 0.05) is 50.8 Å². The summed E-state index contributed by atoms with van der Waals surface area (Å²) in [5, 5.41) is 4.21. The van der Waals surface area contributed by atoms with Crippen molar-refractivity contribution >= 4 is 17.4 Å². The van der Waals surface area contributed by atoms with E-state index < -0.39 is 0 Å². The molecule has 0 bridgehead atoms. The van der Waals surface area contributed by atoms with Gasteiger partial charge in [-0.3, -0.25) is 0 Å². The second kappa shape index (κ2) is 6.07. The Morgan fingerprint density at radius 1 is 1.21 bits per heavy atom. The molecule has 0 aliphatic carbocycles. The molecule has 7 nitrogen and oxygen atoms in total. The standard InChI is InChI=1S/C17H21N7/c1-13-10-18-17(19-11-13)22(2)14-4-3-8-23(12-14)15-6-9-24-16(21-15)5-7-20-24/h5-7,9-11,14H,3-4,8,12H2,1-2H3. The summed E-state index contributed by atoms with van der Waals surface area (Å²) >= 11 is 0. The summed E-state index contributed by atoms with van der Waals surface area (Å²) in [5.41, 5.74) is 1.96. The van der Waals surface area contributed by atoms with Gasteiger partial charge in [-0.15, -0.1) is 0 Å². The lowest BCUT2D eigenvalue weighted by Crippen LogP contribution is -2.47. The van der Waals surface area contributed by atoms with E-state index in [4.69, 9.17) is 4.98 Å². The largest absolute Gasteiger partial charge is 0.354 e. The average Bonchev–Trinajstić information content (AvgIpc) is 3.09. The van der Waals surface area contributed by atoms with Gasteiger partial charge < -0.3 is 9.80 Å². The van der Waals surface area contributed by atoms with Gasteiger partial charge in [-0.25, -0.2) is 19.5 Å². The number of aromatic nitrogens is 5. The summed E-state index contributed by atoms with van der Waals surface area (Å²) in [4.78, 5) is 18.1. The fourth-order valence-electron chi connectivity index (χ4n) is 3.19. The molecule has 1 aliphatic rings. The minimum atomic E-state index is 0.379. The van der Waals surface area contributed by atoms with E-state index in [1.807, 2.05) is 37.6 Å². The Kier molecular flexibility index (Phi) is 3.76. The van der Waals surface area contributed by atoms with Crippen LogP contribution in [0.15, 0.2) is 36.9 Å². The highest BCUT2D eigenvalue weighted by Crippen LogP contribution is 2.22. The predicted molar refractivity (Wildman–Crippen MR) is 93.4 cm³/mol. The van der Waals surface area contributed by atoms with Crippen molar-refractivity contribution in [3.05, 3.63) is 42.5 Å². The topological polar surface area (TPSA) is 62.5 Å². The predicted octanol–water partition coefficient (Wildman–Crippen LogP) is 1.93. The van der Waals surface area contributed by atoms with Crippen LogP contribution in [0, 0.1) is 6.92 Å². The zero-order valence-electron chi connectivity index (χ0n) is 14.0. The lowest BCUT2D eigenvalue weighted by atomic mass is 10.0. The molecule has 0 amide bonds. The number of hydrogen-bond acceptors (Lipinski definition) is 6. The van der Waals surface area contributed by atoms with E-state index in [-0.39, 0.29) is 0 Å². The molecule has 1 saturated heterocycles. The lowest BCUT2D eigenvalue weighted by molar-refractivity contribution is 0.481. The van der Waals surface area contributed by atoms with Crippen molar-refractivity contribution in [2.45, 2.75) is 25.8 Å². The van der Waals surface area contributed by atoms with Gasteiger partial charge in [-0.05, 0) is 31.4 Å². The smallest absolute Gasteiger partial charge is 0.225 e. The zero-order valence-corrected chi connectivity index (χ0v) is 14.0. The van der Waals surface area contributed by atoms with Gasteiger partial charge >= 0.3 is 0 Å². The fraction of sp³-hybridized carbons (Fsp3) is 0.412. The molecule has 1 aliphatic heterocycles. The number of likely N-dealkylation sites (N-methyl/N-ethyl adjacent to an activating group) is 1. The SMILES string of the molecule is Cc1cnc(N(C)C2CCCN(c3ccn4nccc4n3)C2)nc1. The first-order valence-electron chi connectivity index (χ1n) is 8.27. The minimum Gasteiger partial charge on any atom is -0.354 e. The Morgan fingerprint density at radius 3 is 2.88 bits per heavy atom. The van der Waals surface area contributed by atoms with Gasteiger partial charge in [0.05, 0.1) is 6.20 Å². The Hall–Kier alpha value is -2.70. The Bertz CT molecular complexity index is 826. The highest BCUT2D eigenvalue weighted by molar-refractivity contribution is 5.48. The van der Waals surface area contributed by atoms with Crippen LogP contribution in [0.25, 0.3) is 5.65 Å². The molecule has 0 spiro atoms. The first kappa shape index (κ1) is 14.9. The second-order valence-corrected chi connectivity index (χ2v) is 6.33. The third-order valence-corrected chi connectivity index (χ3v) is 4.59. The molecule has 0 radical (unpaired) electrons. The van der Waals surface area contributed by atoms with E-state index in [2.05, 4.69) is 31.9 Å². The summed E-state index contributed by atoms with van der Waals surface area (Å²) in [6.07, 6.45) is 9.75. The minimum absolute atomic E-state index is 0.379. The third-order valence-electron chi connectivity index (χ3n) is 4.59. The van der Waals surface area contributed by atoms with Gasteiger partial charge in [0.25, 0.3) is 0 Å². The number of anilines is 2. The molecule has 4 heterocycles. The molecule has 24 heavy (non-hydrogen) atoms. The van der Waals surface area contributed by atoms with Crippen LogP contribution in [0.5, 0.6) is 0 Å². The highest BCUT2D eigenvalue weighted by Gasteiger charge is 2.25. The number of hydrogen-bond donors (Lipinski definition) is 0. The Labute approximate surface area is 141 Å².